The molecule has 0 aromatic heterocycles. The molecule has 1 fully saturated rings. The molecule has 0 unspecified atom stereocenters. The molecule has 7 nitrogen and oxygen atoms in total. The van der Waals surface area contributed by atoms with Crippen molar-refractivity contribution in [2.24, 2.45) is 0 Å². The van der Waals surface area contributed by atoms with Crippen molar-refractivity contribution in [1.82, 2.24) is 4.90 Å². The van der Waals surface area contributed by atoms with E-state index in [1.54, 1.807) is 36.4 Å². The molecule has 0 bridgehead atoms. The normalized spacial score (nSPS) is 14.5. The van der Waals surface area contributed by atoms with Crippen LogP contribution in [-0.4, -0.2) is 34.2 Å². The van der Waals surface area contributed by atoms with Gasteiger partial charge in [-0.3, -0.25) is 14.5 Å². The number of hydrogen-bond donors (Lipinski definition) is 1. The third-order valence-electron chi connectivity index (χ3n) is 5.14. The average Bonchev–Trinajstić information content (AvgIpc) is 3.11. The summed E-state index contributed by atoms with van der Waals surface area (Å²) in [5.41, 5.74) is 2.59. The van der Waals surface area contributed by atoms with Gasteiger partial charge >= 0.3 is 5.97 Å². The van der Waals surface area contributed by atoms with E-state index in [2.05, 4.69) is 0 Å². The number of thioether (sulfide) groups is 1. The third-order valence-corrected chi connectivity index (χ3v) is 6.05. The van der Waals surface area contributed by atoms with Gasteiger partial charge in [0.2, 0.25) is 0 Å². The Labute approximate surface area is 200 Å². The fourth-order valence-electron chi connectivity index (χ4n) is 3.35. The largest absolute Gasteiger partial charge is 0.493 e. The Morgan fingerprint density at radius 2 is 1.71 bits per heavy atom. The molecular formula is C26H21NO6S. The number of aromatic carboxylic acids is 1. The van der Waals surface area contributed by atoms with Gasteiger partial charge in [0, 0.05) is 0 Å². The molecule has 0 aliphatic carbocycles. The highest BCUT2D eigenvalue weighted by molar-refractivity contribution is 8.18. The van der Waals surface area contributed by atoms with Gasteiger partial charge in [-0.2, -0.15) is 0 Å². The zero-order valence-electron chi connectivity index (χ0n) is 18.3. The highest BCUT2D eigenvalue weighted by Crippen LogP contribution is 2.35. The second kappa shape index (κ2) is 10.3. The summed E-state index contributed by atoms with van der Waals surface area (Å²) in [5.74, 6) is -0.343. The SMILES string of the molecule is COc1cc(/C=C2\SC(=O)N(Cc3ccccc3)C2=O)ccc1OCc1ccc(C(=O)O)cc1. The maximum Gasteiger partial charge on any atom is 0.335 e. The minimum Gasteiger partial charge on any atom is -0.493 e. The van der Waals surface area contributed by atoms with Crippen LogP contribution in [0.3, 0.4) is 0 Å². The first-order valence-electron chi connectivity index (χ1n) is 10.4. The third kappa shape index (κ3) is 5.29. The van der Waals surface area contributed by atoms with E-state index in [1.807, 2.05) is 30.3 Å². The second-order valence-corrected chi connectivity index (χ2v) is 8.45. The van der Waals surface area contributed by atoms with Gasteiger partial charge in [-0.1, -0.05) is 48.5 Å². The highest BCUT2D eigenvalue weighted by atomic mass is 32.2. The van der Waals surface area contributed by atoms with Crippen LogP contribution in [-0.2, 0) is 17.9 Å². The van der Waals surface area contributed by atoms with E-state index in [0.717, 1.165) is 22.9 Å². The molecule has 3 aromatic rings. The van der Waals surface area contributed by atoms with Crippen molar-refractivity contribution >= 4 is 35.0 Å². The summed E-state index contributed by atoms with van der Waals surface area (Å²) in [5, 5.41) is 8.69. The number of imide groups is 1. The van der Waals surface area contributed by atoms with Crippen molar-refractivity contribution in [2.45, 2.75) is 13.2 Å². The van der Waals surface area contributed by atoms with Crippen LogP contribution < -0.4 is 9.47 Å². The first-order chi connectivity index (χ1) is 16.4. The van der Waals surface area contributed by atoms with Gasteiger partial charge in [-0.25, -0.2) is 4.79 Å². The quantitative estimate of drug-likeness (QED) is 0.447. The van der Waals surface area contributed by atoms with Crippen molar-refractivity contribution in [3.8, 4) is 11.5 Å². The van der Waals surface area contributed by atoms with Crippen LogP contribution in [0.15, 0.2) is 77.7 Å². The Morgan fingerprint density at radius 1 is 0.971 bits per heavy atom. The number of methoxy groups -OCH3 is 1. The number of carbonyl (C=O) groups is 3. The molecule has 8 heteroatoms. The van der Waals surface area contributed by atoms with Gasteiger partial charge in [-0.05, 0) is 58.8 Å². The van der Waals surface area contributed by atoms with E-state index in [1.165, 1.54) is 24.1 Å². The molecule has 1 aliphatic heterocycles. The molecule has 2 amide bonds. The van der Waals surface area contributed by atoms with Gasteiger partial charge in [0.1, 0.15) is 6.61 Å². The summed E-state index contributed by atoms with van der Waals surface area (Å²) in [4.78, 5) is 37.7. The lowest BCUT2D eigenvalue weighted by molar-refractivity contribution is -0.123. The van der Waals surface area contributed by atoms with Gasteiger partial charge in [0.05, 0.1) is 24.1 Å². The zero-order valence-corrected chi connectivity index (χ0v) is 19.1. The zero-order chi connectivity index (χ0) is 24.1. The summed E-state index contributed by atoms with van der Waals surface area (Å²) >= 11 is 0.909. The highest BCUT2D eigenvalue weighted by Gasteiger charge is 2.35. The molecule has 0 spiro atoms. The molecule has 0 saturated carbocycles. The number of benzene rings is 3. The number of rotatable bonds is 8. The van der Waals surface area contributed by atoms with Gasteiger partial charge in [-0.15, -0.1) is 0 Å². The summed E-state index contributed by atoms with van der Waals surface area (Å²) in [6.45, 7) is 0.459. The lowest BCUT2D eigenvalue weighted by Gasteiger charge is -2.12. The van der Waals surface area contributed by atoms with E-state index < -0.39 is 5.97 Å². The van der Waals surface area contributed by atoms with Crippen molar-refractivity contribution in [3.05, 3.63) is 100.0 Å². The molecule has 3 aromatic carbocycles. The average molecular weight is 476 g/mol. The number of nitrogens with zero attached hydrogens (tertiary/aromatic N) is 1. The first-order valence-corrected chi connectivity index (χ1v) is 11.2. The van der Waals surface area contributed by atoms with Crippen molar-refractivity contribution < 1.29 is 29.0 Å². The number of hydrogen-bond acceptors (Lipinski definition) is 6. The fourth-order valence-corrected chi connectivity index (χ4v) is 4.19. The Kier molecular flexibility index (Phi) is 6.98. The fraction of sp³-hybridized carbons (Fsp3) is 0.115. The molecular weight excluding hydrogens is 454 g/mol. The molecule has 172 valence electrons. The summed E-state index contributed by atoms with van der Waals surface area (Å²) in [7, 11) is 1.52. The van der Waals surface area contributed by atoms with Crippen molar-refractivity contribution in [3.63, 3.8) is 0 Å². The second-order valence-electron chi connectivity index (χ2n) is 7.45. The van der Waals surface area contributed by atoms with Crippen molar-refractivity contribution in [1.29, 1.82) is 0 Å². The smallest absolute Gasteiger partial charge is 0.335 e. The molecule has 4 rings (SSSR count). The lowest BCUT2D eigenvalue weighted by Crippen LogP contribution is -2.27. The van der Waals surface area contributed by atoms with Gasteiger partial charge in [0.15, 0.2) is 11.5 Å². The Balaban J connectivity index is 1.46. The number of amides is 2. The van der Waals surface area contributed by atoms with Crippen molar-refractivity contribution in [2.75, 3.05) is 7.11 Å². The molecule has 0 radical (unpaired) electrons. The molecule has 1 aliphatic rings. The molecule has 1 N–H and O–H groups in total. The predicted octanol–water partition coefficient (Wildman–Crippen LogP) is 5.21. The van der Waals surface area contributed by atoms with Crippen LogP contribution >= 0.6 is 11.8 Å². The van der Waals surface area contributed by atoms with E-state index in [4.69, 9.17) is 14.6 Å². The Morgan fingerprint density at radius 3 is 2.38 bits per heavy atom. The molecule has 34 heavy (non-hydrogen) atoms. The summed E-state index contributed by atoms with van der Waals surface area (Å²) < 4.78 is 11.3. The lowest BCUT2D eigenvalue weighted by atomic mass is 10.1. The van der Waals surface area contributed by atoms with Crippen LogP contribution in [0.5, 0.6) is 11.5 Å². The number of ether oxygens (including phenoxy) is 2. The maximum absolute atomic E-state index is 12.8. The number of carbonyl (C=O) groups excluding carboxylic acids is 2. The summed E-state index contributed by atoms with van der Waals surface area (Å²) in [6, 6.07) is 21.0. The minimum absolute atomic E-state index is 0.207. The Bertz CT molecular complexity index is 1250. The van der Waals surface area contributed by atoms with Crippen LogP contribution in [0, 0.1) is 0 Å². The predicted molar refractivity (Wildman–Crippen MR) is 129 cm³/mol. The monoisotopic (exact) mass is 475 g/mol. The number of carboxylic acid groups (broad SMARTS) is 1. The van der Waals surface area contributed by atoms with Gasteiger partial charge in [0.25, 0.3) is 11.1 Å². The van der Waals surface area contributed by atoms with Crippen LogP contribution in [0.2, 0.25) is 0 Å². The minimum atomic E-state index is -0.984. The number of carboxylic acids is 1. The van der Waals surface area contributed by atoms with Crippen LogP contribution in [0.25, 0.3) is 6.08 Å². The van der Waals surface area contributed by atoms with E-state index >= 15 is 0 Å². The van der Waals surface area contributed by atoms with Gasteiger partial charge < -0.3 is 14.6 Å². The van der Waals surface area contributed by atoms with E-state index in [0.29, 0.717) is 22.0 Å². The van der Waals surface area contributed by atoms with E-state index in [-0.39, 0.29) is 29.9 Å². The summed E-state index contributed by atoms with van der Waals surface area (Å²) in [6.07, 6.45) is 1.66. The van der Waals surface area contributed by atoms with E-state index in [9.17, 15) is 14.4 Å². The topological polar surface area (TPSA) is 93.1 Å². The molecule has 0 atom stereocenters. The molecule has 1 saturated heterocycles. The van der Waals surface area contributed by atoms with Crippen LogP contribution in [0.1, 0.15) is 27.0 Å². The Hall–Kier alpha value is -4.04. The first kappa shape index (κ1) is 23.1. The van der Waals surface area contributed by atoms with Crippen LogP contribution in [0.4, 0.5) is 4.79 Å². The maximum atomic E-state index is 12.8. The molecule has 1 heterocycles. The standard InChI is InChI=1S/C26H21NO6S/c1-32-22-13-19(9-12-21(22)33-16-18-7-10-20(11-8-18)25(29)30)14-23-24(28)27(26(31)34-23)15-17-5-3-2-4-6-17/h2-14H,15-16H2,1H3,(H,29,30)/b23-14-.